The molecule has 20 heavy (non-hydrogen) atoms. The van der Waals surface area contributed by atoms with Crippen LogP contribution in [-0.4, -0.2) is 16.9 Å². The van der Waals surface area contributed by atoms with E-state index in [-0.39, 0.29) is 17.4 Å². The van der Waals surface area contributed by atoms with E-state index in [2.05, 4.69) is 40.8 Å². The summed E-state index contributed by atoms with van der Waals surface area (Å²) in [6.07, 6.45) is 3.80. The number of nitrogens with zero attached hydrogens (tertiary/aromatic N) is 2. The van der Waals surface area contributed by atoms with Crippen molar-refractivity contribution in [3.8, 4) is 0 Å². The molecule has 1 fully saturated rings. The Labute approximate surface area is 126 Å². The number of pyridine rings is 1. The molecule has 1 aliphatic carbocycles. The van der Waals surface area contributed by atoms with E-state index in [1.54, 1.807) is 0 Å². The third-order valence-corrected chi connectivity index (χ3v) is 4.94. The van der Waals surface area contributed by atoms with Gasteiger partial charge in [0.2, 0.25) is 5.91 Å². The van der Waals surface area contributed by atoms with Crippen molar-refractivity contribution in [1.82, 2.24) is 4.98 Å². The lowest BCUT2D eigenvalue weighted by atomic mass is 9.94. The van der Waals surface area contributed by atoms with Gasteiger partial charge in [-0.05, 0) is 44.9 Å². The molecular formula is C16H15BrN2O. The van der Waals surface area contributed by atoms with Gasteiger partial charge in [-0.15, -0.1) is 0 Å². The lowest BCUT2D eigenvalue weighted by Gasteiger charge is -2.22. The Kier molecular flexibility index (Phi) is 2.35. The lowest BCUT2D eigenvalue weighted by Crippen LogP contribution is -2.37. The summed E-state index contributed by atoms with van der Waals surface area (Å²) in [5.41, 5.74) is 2.91. The molecule has 1 spiro atoms. The monoisotopic (exact) mass is 330 g/mol. The van der Waals surface area contributed by atoms with Crippen LogP contribution in [0, 0.1) is 0 Å². The number of carbonyl (C=O) groups excluding carboxylic acids is 1. The number of halogens is 1. The van der Waals surface area contributed by atoms with Crippen LogP contribution in [0.1, 0.15) is 32.3 Å². The summed E-state index contributed by atoms with van der Waals surface area (Å²) in [6.45, 7) is 4.13. The molecule has 0 unspecified atom stereocenters. The molecule has 4 heteroatoms. The van der Waals surface area contributed by atoms with Crippen LogP contribution in [0.25, 0.3) is 10.9 Å². The summed E-state index contributed by atoms with van der Waals surface area (Å²) in [5, 5.41) is 1.12. The molecule has 2 aliphatic rings. The molecule has 3 nitrogen and oxygen atoms in total. The maximum absolute atomic E-state index is 12.8. The van der Waals surface area contributed by atoms with E-state index in [1.165, 1.54) is 5.56 Å². The first kappa shape index (κ1) is 12.3. The molecule has 1 aromatic carbocycles. The van der Waals surface area contributed by atoms with E-state index in [0.717, 1.165) is 33.9 Å². The molecule has 2 aromatic rings. The number of fused-ring (bicyclic) bond motifs is 4. The minimum Gasteiger partial charge on any atom is -0.307 e. The SMILES string of the molecule is CC(C)N1C(=O)C2(CC2)c2c1cnc1ccc(Br)cc21. The molecule has 1 amide bonds. The van der Waals surface area contributed by atoms with Crippen molar-refractivity contribution in [2.75, 3.05) is 4.90 Å². The predicted molar refractivity (Wildman–Crippen MR) is 83.0 cm³/mol. The first-order valence-corrected chi connectivity index (χ1v) is 7.76. The maximum atomic E-state index is 12.8. The number of aromatic nitrogens is 1. The smallest absolute Gasteiger partial charge is 0.238 e. The van der Waals surface area contributed by atoms with Crippen molar-refractivity contribution in [1.29, 1.82) is 0 Å². The van der Waals surface area contributed by atoms with E-state index in [0.29, 0.717) is 0 Å². The summed E-state index contributed by atoms with van der Waals surface area (Å²) in [7, 11) is 0. The van der Waals surface area contributed by atoms with Crippen molar-refractivity contribution in [3.63, 3.8) is 0 Å². The van der Waals surface area contributed by atoms with Crippen molar-refractivity contribution in [3.05, 3.63) is 34.4 Å². The van der Waals surface area contributed by atoms with Crippen molar-refractivity contribution >= 4 is 38.4 Å². The molecule has 1 aromatic heterocycles. The normalized spacial score (nSPS) is 19.2. The van der Waals surface area contributed by atoms with Gasteiger partial charge in [-0.2, -0.15) is 0 Å². The van der Waals surface area contributed by atoms with Gasteiger partial charge >= 0.3 is 0 Å². The third kappa shape index (κ3) is 1.40. The van der Waals surface area contributed by atoms with Gasteiger partial charge in [-0.25, -0.2) is 0 Å². The van der Waals surface area contributed by atoms with Gasteiger partial charge in [0.1, 0.15) is 0 Å². The van der Waals surface area contributed by atoms with Crippen molar-refractivity contribution < 1.29 is 4.79 Å². The van der Waals surface area contributed by atoms with Crippen LogP contribution in [0.15, 0.2) is 28.9 Å². The zero-order chi connectivity index (χ0) is 14.1. The van der Waals surface area contributed by atoms with Gasteiger partial charge < -0.3 is 4.90 Å². The number of benzene rings is 1. The van der Waals surface area contributed by atoms with Crippen LogP contribution < -0.4 is 4.90 Å². The van der Waals surface area contributed by atoms with Gasteiger partial charge in [0.25, 0.3) is 0 Å². The standard InChI is InChI=1S/C16H15BrN2O/c1-9(2)19-13-8-18-12-4-3-10(17)7-11(12)14(13)16(5-6-16)15(19)20/h3-4,7-9H,5-6H2,1-2H3. The summed E-state index contributed by atoms with van der Waals surface area (Å²) in [5.74, 6) is 0.261. The summed E-state index contributed by atoms with van der Waals surface area (Å²) in [6, 6.07) is 6.28. The predicted octanol–water partition coefficient (Wildman–Crippen LogP) is 3.78. The topological polar surface area (TPSA) is 33.2 Å². The molecule has 2 heterocycles. The number of carbonyl (C=O) groups is 1. The maximum Gasteiger partial charge on any atom is 0.238 e. The number of hydrogen-bond acceptors (Lipinski definition) is 2. The number of hydrogen-bond donors (Lipinski definition) is 0. The Morgan fingerprint density at radius 1 is 1.35 bits per heavy atom. The minimum atomic E-state index is -0.262. The van der Waals surface area contributed by atoms with Gasteiger partial charge in [0.05, 0.1) is 22.8 Å². The highest BCUT2D eigenvalue weighted by atomic mass is 79.9. The molecule has 1 saturated carbocycles. The quantitative estimate of drug-likeness (QED) is 0.797. The Bertz CT molecular complexity index is 749. The van der Waals surface area contributed by atoms with Crippen LogP contribution in [0.2, 0.25) is 0 Å². The van der Waals surface area contributed by atoms with Gasteiger partial charge in [0, 0.05) is 21.5 Å². The Morgan fingerprint density at radius 2 is 2.10 bits per heavy atom. The zero-order valence-electron chi connectivity index (χ0n) is 11.5. The fraction of sp³-hybridized carbons (Fsp3) is 0.375. The molecule has 1 aliphatic heterocycles. The average molecular weight is 331 g/mol. The molecule has 0 bridgehead atoms. The lowest BCUT2D eigenvalue weighted by molar-refractivity contribution is -0.120. The highest BCUT2D eigenvalue weighted by molar-refractivity contribution is 9.10. The Hall–Kier alpha value is -1.42. The van der Waals surface area contributed by atoms with Crippen LogP contribution >= 0.6 is 15.9 Å². The Balaban J connectivity index is 2.09. The van der Waals surface area contributed by atoms with E-state index in [1.807, 2.05) is 23.2 Å². The summed E-state index contributed by atoms with van der Waals surface area (Å²) >= 11 is 3.53. The molecule has 4 rings (SSSR count). The van der Waals surface area contributed by atoms with E-state index in [4.69, 9.17) is 0 Å². The third-order valence-electron chi connectivity index (χ3n) is 4.44. The zero-order valence-corrected chi connectivity index (χ0v) is 13.1. The summed E-state index contributed by atoms with van der Waals surface area (Å²) in [4.78, 5) is 19.3. The van der Waals surface area contributed by atoms with E-state index in [9.17, 15) is 4.79 Å². The highest BCUT2D eigenvalue weighted by Gasteiger charge is 2.60. The summed E-state index contributed by atoms with van der Waals surface area (Å²) < 4.78 is 1.03. The van der Waals surface area contributed by atoms with Crippen LogP contribution in [0.4, 0.5) is 5.69 Å². The molecule has 0 N–H and O–H groups in total. The second kappa shape index (κ2) is 3.82. The molecule has 102 valence electrons. The van der Waals surface area contributed by atoms with Gasteiger partial charge in [-0.1, -0.05) is 15.9 Å². The number of amides is 1. The average Bonchev–Trinajstić information content (AvgIpc) is 3.14. The largest absolute Gasteiger partial charge is 0.307 e. The van der Waals surface area contributed by atoms with Crippen molar-refractivity contribution in [2.45, 2.75) is 38.1 Å². The van der Waals surface area contributed by atoms with Gasteiger partial charge in [0.15, 0.2) is 0 Å². The minimum absolute atomic E-state index is 0.174. The molecular weight excluding hydrogens is 316 g/mol. The fourth-order valence-electron chi connectivity index (χ4n) is 3.39. The first-order valence-electron chi connectivity index (χ1n) is 6.97. The Morgan fingerprint density at radius 3 is 2.75 bits per heavy atom. The highest BCUT2D eigenvalue weighted by Crippen LogP contribution is 2.59. The van der Waals surface area contributed by atoms with Gasteiger partial charge in [-0.3, -0.25) is 9.78 Å². The van der Waals surface area contributed by atoms with E-state index >= 15 is 0 Å². The molecule has 0 atom stereocenters. The second-order valence-electron chi connectivity index (χ2n) is 6.03. The fourth-order valence-corrected chi connectivity index (χ4v) is 3.75. The first-order chi connectivity index (χ1) is 9.54. The molecule has 0 radical (unpaired) electrons. The molecule has 0 saturated heterocycles. The van der Waals surface area contributed by atoms with Crippen LogP contribution in [0.5, 0.6) is 0 Å². The second-order valence-corrected chi connectivity index (χ2v) is 6.95. The number of anilines is 1. The van der Waals surface area contributed by atoms with Crippen LogP contribution in [-0.2, 0) is 10.2 Å². The van der Waals surface area contributed by atoms with Crippen molar-refractivity contribution in [2.24, 2.45) is 0 Å². The van der Waals surface area contributed by atoms with Crippen LogP contribution in [0.3, 0.4) is 0 Å². The number of rotatable bonds is 1. The van der Waals surface area contributed by atoms with E-state index < -0.39 is 0 Å².